The monoisotopic (exact) mass is 874 g/mol. The van der Waals surface area contributed by atoms with Crippen LogP contribution in [-0.2, 0) is 5.41 Å². The van der Waals surface area contributed by atoms with Crippen molar-refractivity contribution < 1.29 is 0 Å². The van der Waals surface area contributed by atoms with Crippen LogP contribution in [0.3, 0.4) is 0 Å². The van der Waals surface area contributed by atoms with Crippen molar-refractivity contribution in [3.05, 3.63) is 301 Å². The highest BCUT2D eigenvalue weighted by atomic mass is 14.5. The second-order valence-corrected chi connectivity index (χ2v) is 18.3. The Bertz CT molecular complexity index is 3740. The topological polar surface area (TPSA) is 0 Å². The summed E-state index contributed by atoms with van der Waals surface area (Å²) < 4.78 is 0. The Labute approximate surface area is 404 Å². The molecule has 0 heterocycles. The van der Waals surface area contributed by atoms with Gasteiger partial charge >= 0.3 is 0 Å². The fourth-order valence-corrected chi connectivity index (χ4v) is 11.5. The first-order chi connectivity index (χ1) is 34.2. The van der Waals surface area contributed by atoms with E-state index in [2.05, 4.69) is 279 Å². The van der Waals surface area contributed by atoms with Crippen LogP contribution in [0.25, 0.3) is 99.4 Å². The van der Waals surface area contributed by atoms with Crippen LogP contribution in [0.2, 0.25) is 0 Å². The Balaban J connectivity index is 1.00. The average Bonchev–Trinajstić information content (AvgIpc) is 3.73. The molecule has 0 amide bonds. The van der Waals surface area contributed by atoms with Gasteiger partial charge in [0, 0.05) is 0 Å². The third-order valence-corrected chi connectivity index (χ3v) is 14.5. The van der Waals surface area contributed by atoms with Crippen molar-refractivity contribution >= 4 is 21.5 Å². The third kappa shape index (κ3) is 6.68. The lowest BCUT2D eigenvalue weighted by atomic mass is 9.65. The van der Waals surface area contributed by atoms with Crippen molar-refractivity contribution in [2.45, 2.75) is 5.41 Å². The first-order valence-electron chi connectivity index (χ1n) is 24.0. The summed E-state index contributed by atoms with van der Waals surface area (Å²) in [4.78, 5) is 0. The summed E-state index contributed by atoms with van der Waals surface area (Å²) in [5.74, 6) is 0. The number of fused-ring (bicyclic) bond motifs is 5. The van der Waals surface area contributed by atoms with E-state index in [4.69, 9.17) is 0 Å². The van der Waals surface area contributed by atoms with Crippen molar-refractivity contribution in [3.63, 3.8) is 0 Å². The van der Waals surface area contributed by atoms with Gasteiger partial charge in [0.2, 0.25) is 0 Å². The predicted octanol–water partition coefficient (Wildman–Crippen LogP) is 18.4. The van der Waals surface area contributed by atoms with Crippen LogP contribution < -0.4 is 0 Å². The molecule has 12 aromatic carbocycles. The molecule has 0 spiro atoms. The number of hydrogen-bond acceptors (Lipinski definition) is 0. The molecule has 1 aliphatic carbocycles. The zero-order valence-corrected chi connectivity index (χ0v) is 38.1. The molecule has 1 atom stereocenters. The van der Waals surface area contributed by atoms with E-state index in [1.807, 2.05) is 0 Å². The molecule has 0 saturated heterocycles. The molecule has 0 aromatic heterocycles. The summed E-state index contributed by atoms with van der Waals surface area (Å²) in [5.41, 5.74) is 21.7. The van der Waals surface area contributed by atoms with Crippen LogP contribution in [0.5, 0.6) is 0 Å². The summed E-state index contributed by atoms with van der Waals surface area (Å²) in [7, 11) is 0. The van der Waals surface area contributed by atoms with E-state index in [0.29, 0.717) is 0 Å². The molecule has 0 heteroatoms. The molecule has 69 heavy (non-hydrogen) atoms. The molecule has 12 aromatic rings. The first kappa shape index (κ1) is 40.4. The largest absolute Gasteiger partial charge is 0.0719 e. The molecule has 0 fully saturated rings. The van der Waals surface area contributed by atoms with Crippen LogP contribution in [0.1, 0.15) is 22.3 Å². The summed E-state index contributed by atoms with van der Waals surface area (Å²) in [6.45, 7) is 0. The molecule has 1 aliphatic rings. The van der Waals surface area contributed by atoms with Gasteiger partial charge in [0.05, 0.1) is 5.41 Å². The molecule has 0 aliphatic heterocycles. The SMILES string of the molecule is c1ccc(-c2cc(-c3ccccc3)cc(-c3ccc(-c4c5ccccc5c(-c5ccc6c(c5)C(c5ccccc5)(c5ccccc5-c5ccccc5)c5ccccc5-6)c5ccccc45)cc3)c2)cc1. The molecule has 0 nitrogen and oxygen atoms in total. The van der Waals surface area contributed by atoms with Crippen LogP contribution in [0.4, 0.5) is 0 Å². The van der Waals surface area contributed by atoms with E-state index in [0.717, 1.165) is 0 Å². The van der Waals surface area contributed by atoms with Crippen molar-refractivity contribution in [3.8, 4) is 77.9 Å². The maximum Gasteiger partial charge on any atom is 0.0719 e. The van der Waals surface area contributed by atoms with Gasteiger partial charge < -0.3 is 0 Å². The normalized spacial score (nSPS) is 13.9. The van der Waals surface area contributed by atoms with E-state index < -0.39 is 5.41 Å². The number of rotatable bonds is 8. The molecule has 1 unspecified atom stereocenters. The Morgan fingerprint density at radius 2 is 0.536 bits per heavy atom. The van der Waals surface area contributed by atoms with E-state index in [1.165, 1.54) is 122 Å². The molecule has 0 radical (unpaired) electrons. The number of hydrogen-bond donors (Lipinski definition) is 0. The minimum atomic E-state index is -0.578. The van der Waals surface area contributed by atoms with Crippen LogP contribution >= 0.6 is 0 Å². The Kier molecular flexibility index (Phi) is 9.84. The zero-order valence-electron chi connectivity index (χ0n) is 38.1. The molecule has 0 bridgehead atoms. The molecular formula is C69H46. The van der Waals surface area contributed by atoms with E-state index in [9.17, 15) is 0 Å². The number of benzene rings is 12. The first-order valence-corrected chi connectivity index (χ1v) is 24.0. The van der Waals surface area contributed by atoms with E-state index in [1.54, 1.807) is 0 Å². The summed E-state index contributed by atoms with van der Waals surface area (Å²) in [6.07, 6.45) is 0. The highest BCUT2D eigenvalue weighted by Gasteiger charge is 2.47. The zero-order chi connectivity index (χ0) is 45.7. The fourth-order valence-electron chi connectivity index (χ4n) is 11.5. The Hall–Kier alpha value is -8.84. The standard InChI is InChI=1S/C69H46/c1-5-21-47(22-6-1)53-43-54(48-23-7-2-8-24-48)45-55(44-53)49-37-39-51(40-38-49)67-60-31-13-15-33-62(60)68(63-34-16-14-32-61(63)67)52-41-42-59-58-30-18-20-36-65(58)69(66(59)46-52,56-27-11-4-12-28-56)64-35-19-17-29-57(64)50-25-9-3-10-26-50/h1-46H. The molecule has 0 N–H and O–H groups in total. The lowest BCUT2D eigenvalue weighted by Crippen LogP contribution is -2.29. The van der Waals surface area contributed by atoms with Gasteiger partial charge in [-0.1, -0.05) is 255 Å². The van der Waals surface area contributed by atoms with Crippen LogP contribution in [0, 0.1) is 0 Å². The predicted molar refractivity (Wildman–Crippen MR) is 291 cm³/mol. The summed E-state index contributed by atoms with van der Waals surface area (Å²) in [5, 5.41) is 4.96. The van der Waals surface area contributed by atoms with Crippen molar-refractivity contribution in [1.29, 1.82) is 0 Å². The van der Waals surface area contributed by atoms with E-state index >= 15 is 0 Å². The Morgan fingerprint density at radius 3 is 1.06 bits per heavy atom. The smallest absolute Gasteiger partial charge is 0.0622 e. The van der Waals surface area contributed by atoms with Gasteiger partial charge in [0.25, 0.3) is 0 Å². The molecule has 322 valence electrons. The van der Waals surface area contributed by atoms with Gasteiger partial charge in [-0.05, 0) is 146 Å². The fraction of sp³-hybridized carbons (Fsp3) is 0.0145. The maximum atomic E-state index is 2.53. The minimum absolute atomic E-state index is 0.578. The lowest BCUT2D eigenvalue weighted by Gasteiger charge is -2.36. The maximum absolute atomic E-state index is 2.53. The third-order valence-electron chi connectivity index (χ3n) is 14.5. The minimum Gasteiger partial charge on any atom is -0.0622 e. The van der Waals surface area contributed by atoms with Crippen LogP contribution in [0.15, 0.2) is 279 Å². The second kappa shape index (κ2) is 16.8. The van der Waals surface area contributed by atoms with Gasteiger partial charge in [0.1, 0.15) is 0 Å². The summed E-state index contributed by atoms with van der Waals surface area (Å²) >= 11 is 0. The van der Waals surface area contributed by atoms with Crippen molar-refractivity contribution in [1.82, 2.24) is 0 Å². The molecular weight excluding hydrogens is 829 g/mol. The van der Waals surface area contributed by atoms with Crippen LogP contribution in [-0.4, -0.2) is 0 Å². The molecule has 0 saturated carbocycles. The van der Waals surface area contributed by atoms with Gasteiger partial charge in [-0.15, -0.1) is 0 Å². The quantitative estimate of drug-likeness (QED) is 0.133. The highest BCUT2D eigenvalue weighted by Crippen LogP contribution is 2.59. The summed E-state index contributed by atoms with van der Waals surface area (Å²) in [6, 6.07) is 103. The van der Waals surface area contributed by atoms with E-state index in [-0.39, 0.29) is 0 Å². The van der Waals surface area contributed by atoms with Crippen molar-refractivity contribution in [2.24, 2.45) is 0 Å². The average molecular weight is 875 g/mol. The second-order valence-electron chi connectivity index (χ2n) is 18.3. The van der Waals surface area contributed by atoms with Gasteiger partial charge in [-0.2, -0.15) is 0 Å². The van der Waals surface area contributed by atoms with Gasteiger partial charge in [-0.3, -0.25) is 0 Å². The Morgan fingerprint density at radius 1 is 0.188 bits per heavy atom. The lowest BCUT2D eigenvalue weighted by molar-refractivity contribution is 0.771. The highest BCUT2D eigenvalue weighted by molar-refractivity contribution is 6.21. The van der Waals surface area contributed by atoms with Gasteiger partial charge in [-0.25, -0.2) is 0 Å². The van der Waals surface area contributed by atoms with Gasteiger partial charge in [0.15, 0.2) is 0 Å². The van der Waals surface area contributed by atoms with Crippen molar-refractivity contribution in [2.75, 3.05) is 0 Å². The molecule has 13 rings (SSSR count).